The Labute approximate surface area is 116 Å². The Morgan fingerprint density at radius 3 is 1.95 bits per heavy atom. The third kappa shape index (κ3) is 6.76. The minimum atomic E-state index is -4.60. The number of hydrogen-bond donors (Lipinski definition) is 2. The van der Waals surface area contributed by atoms with E-state index in [1.54, 1.807) is 34.9 Å². The number of halogens is 3. The van der Waals surface area contributed by atoms with Crippen LogP contribution in [0.25, 0.3) is 0 Å². The number of hydroxylamine groups is 2. The Hall–Kier alpha value is -1.28. The molecular formula is C12H21F3N2O3. The maximum Gasteiger partial charge on any atom is 0.411 e. The summed E-state index contributed by atoms with van der Waals surface area (Å²) in [4.78, 5) is 12.6. The highest BCUT2D eigenvalue weighted by molar-refractivity contribution is 5.95. The SMILES string of the molecule is CC(C)(C)O.CN(C)/C=C1/C[C@@H](C(F)(F)F)N(O)C1=O. The van der Waals surface area contributed by atoms with Crippen molar-refractivity contribution in [3.8, 4) is 0 Å². The van der Waals surface area contributed by atoms with Crippen molar-refractivity contribution in [2.75, 3.05) is 14.1 Å². The van der Waals surface area contributed by atoms with E-state index in [0.29, 0.717) is 0 Å². The van der Waals surface area contributed by atoms with E-state index in [0.717, 1.165) is 0 Å². The van der Waals surface area contributed by atoms with Gasteiger partial charge in [-0.25, -0.2) is 5.06 Å². The molecule has 20 heavy (non-hydrogen) atoms. The highest BCUT2D eigenvalue weighted by Crippen LogP contribution is 2.34. The largest absolute Gasteiger partial charge is 0.411 e. The molecule has 1 fully saturated rings. The summed E-state index contributed by atoms with van der Waals surface area (Å²) in [5, 5.41) is 17.2. The predicted molar refractivity (Wildman–Crippen MR) is 66.8 cm³/mol. The Kier molecular flexibility index (Phi) is 6.03. The average molecular weight is 298 g/mol. The van der Waals surface area contributed by atoms with Crippen molar-refractivity contribution >= 4 is 5.91 Å². The molecule has 0 spiro atoms. The number of aliphatic hydroxyl groups is 1. The fraction of sp³-hybridized carbons (Fsp3) is 0.750. The first-order valence-electron chi connectivity index (χ1n) is 5.92. The van der Waals surface area contributed by atoms with Crippen molar-refractivity contribution in [1.82, 2.24) is 9.96 Å². The van der Waals surface area contributed by atoms with Gasteiger partial charge in [0.2, 0.25) is 0 Å². The van der Waals surface area contributed by atoms with Gasteiger partial charge in [-0.2, -0.15) is 13.2 Å². The summed E-state index contributed by atoms with van der Waals surface area (Å²) in [6.45, 7) is 5.23. The van der Waals surface area contributed by atoms with Gasteiger partial charge in [0.1, 0.15) is 0 Å². The molecule has 0 aromatic heterocycles. The van der Waals surface area contributed by atoms with Crippen LogP contribution in [0, 0.1) is 0 Å². The lowest BCUT2D eigenvalue weighted by Gasteiger charge is -2.19. The zero-order chi connectivity index (χ0) is 16.3. The number of carbonyl (C=O) groups excluding carboxylic acids is 1. The van der Waals surface area contributed by atoms with Gasteiger partial charge in [-0.1, -0.05) is 0 Å². The molecule has 0 aromatic carbocycles. The second-order valence-electron chi connectivity index (χ2n) is 5.70. The number of nitrogens with zero attached hydrogens (tertiary/aromatic N) is 2. The third-order valence-electron chi connectivity index (χ3n) is 1.98. The molecule has 0 unspecified atom stereocenters. The van der Waals surface area contributed by atoms with Gasteiger partial charge in [-0.05, 0) is 20.8 Å². The molecular weight excluding hydrogens is 277 g/mol. The van der Waals surface area contributed by atoms with Crippen molar-refractivity contribution in [1.29, 1.82) is 0 Å². The first-order chi connectivity index (χ1) is 8.73. The van der Waals surface area contributed by atoms with E-state index >= 15 is 0 Å². The van der Waals surface area contributed by atoms with Gasteiger partial charge in [0, 0.05) is 32.3 Å². The lowest BCUT2D eigenvalue weighted by molar-refractivity contribution is -0.234. The van der Waals surface area contributed by atoms with E-state index in [9.17, 15) is 18.0 Å². The standard InChI is InChI=1S/C8H11F3N2O2.C4H10O/c1-12(2)4-5-3-6(8(9,10)11)13(15)7(5)14;1-4(2,3)5/h4,6,15H,3H2,1-2H3;5H,1-3H3/b5-4-;/t6-;/m0./s1. The van der Waals surface area contributed by atoms with Gasteiger partial charge in [0.15, 0.2) is 6.04 Å². The van der Waals surface area contributed by atoms with E-state index < -0.39 is 30.1 Å². The van der Waals surface area contributed by atoms with Crippen molar-refractivity contribution in [3.63, 3.8) is 0 Å². The monoisotopic (exact) mass is 298 g/mol. The fourth-order valence-corrected chi connectivity index (χ4v) is 1.34. The molecule has 0 aliphatic carbocycles. The van der Waals surface area contributed by atoms with Crippen molar-refractivity contribution < 1.29 is 28.3 Å². The maximum absolute atomic E-state index is 12.3. The fourth-order valence-electron chi connectivity index (χ4n) is 1.34. The maximum atomic E-state index is 12.3. The Balaban J connectivity index is 0.000000621. The second-order valence-corrected chi connectivity index (χ2v) is 5.70. The number of carbonyl (C=O) groups is 1. The summed E-state index contributed by atoms with van der Waals surface area (Å²) in [6, 6.07) is -2.13. The molecule has 118 valence electrons. The Bertz CT molecular complexity index is 367. The van der Waals surface area contributed by atoms with Crippen molar-refractivity contribution in [2.45, 2.75) is 45.0 Å². The minimum Gasteiger partial charge on any atom is -0.391 e. The first kappa shape index (κ1) is 18.7. The molecule has 1 amide bonds. The van der Waals surface area contributed by atoms with Crippen LogP contribution in [0.4, 0.5) is 13.2 Å². The quantitative estimate of drug-likeness (QED) is 0.572. The summed E-state index contributed by atoms with van der Waals surface area (Å²) in [5.41, 5.74) is -0.551. The molecule has 0 radical (unpaired) electrons. The summed E-state index contributed by atoms with van der Waals surface area (Å²) in [6.07, 6.45) is -3.85. The van der Waals surface area contributed by atoms with Gasteiger partial charge in [-0.3, -0.25) is 10.0 Å². The van der Waals surface area contributed by atoms with Crippen LogP contribution < -0.4 is 0 Å². The van der Waals surface area contributed by atoms with E-state index in [-0.39, 0.29) is 10.6 Å². The van der Waals surface area contributed by atoms with Crippen LogP contribution in [0.15, 0.2) is 11.8 Å². The zero-order valence-corrected chi connectivity index (χ0v) is 12.2. The van der Waals surface area contributed by atoms with Crippen LogP contribution in [0.2, 0.25) is 0 Å². The van der Waals surface area contributed by atoms with Crippen LogP contribution in [-0.4, -0.2) is 58.1 Å². The van der Waals surface area contributed by atoms with Crippen LogP contribution in [0.5, 0.6) is 0 Å². The number of amides is 1. The lowest BCUT2D eigenvalue weighted by Crippen LogP contribution is -2.40. The molecule has 1 aliphatic rings. The summed E-state index contributed by atoms with van der Waals surface area (Å²) < 4.78 is 36.9. The molecule has 1 saturated heterocycles. The molecule has 5 nitrogen and oxygen atoms in total. The Morgan fingerprint density at radius 1 is 1.30 bits per heavy atom. The lowest BCUT2D eigenvalue weighted by atomic mass is 10.1. The van der Waals surface area contributed by atoms with Crippen LogP contribution >= 0.6 is 0 Å². The highest BCUT2D eigenvalue weighted by atomic mass is 19.4. The van der Waals surface area contributed by atoms with Crippen LogP contribution in [0.3, 0.4) is 0 Å². The molecule has 1 rings (SSSR count). The smallest absolute Gasteiger partial charge is 0.391 e. The molecule has 0 bridgehead atoms. The third-order valence-corrected chi connectivity index (χ3v) is 1.98. The highest BCUT2D eigenvalue weighted by Gasteiger charge is 2.51. The molecule has 0 saturated carbocycles. The van der Waals surface area contributed by atoms with E-state index in [1.165, 1.54) is 11.1 Å². The first-order valence-corrected chi connectivity index (χ1v) is 5.92. The van der Waals surface area contributed by atoms with Crippen molar-refractivity contribution in [2.24, 2.45) is 0 Å². The molecule has 2 N–H and O–H groups in total. The van der Waals surface area contributed by atoms with Gasteiger partial charge >= 0.3 is 6.18 Å². The van der Waals surface area contributed by atoms with Gasteiger partial charge in [0.25, 0.3) is 5.91 Å². The van der Waals surface area contributed by atoms with Gasteiger partial charge < -0.3 is 10.0 Å². The number of alkyl halides is 3. The van der Waals surface area contributed by atoms with E-state index in [2.05, 4.69) is 0 Å². The van der Waals surface area contributed by atoms with E-state index in [4.69, 9.17) is 10.3 Å². The number of hydrogen-bond acceptors (Lipinski definition) is 4. The normalized spacial score (nSPS) is 21.9. The topological polar surface area (TPSA) is 64.0 Å². The van der Waals surface area contributed by atoms with Crippen LogP contribution in [0.1, 0.15) is 27.2 Å². The number of rotatable bonds is 1. The zero-order valence-electron chi connectivity index (χ0n) is 12.2. The Morgan fingerprint density at radius 2 is 1.70 bits per heavy atom. The predicted octanol–water partition coefficient (Wildman–Crippen LogP) is 1.76. The molecule has 1 heterocycles. The van der Waals surface area contributed by atoms with Crippen LogP contribution in [-0.2, 0) is 4.79 Å². The van der Waals surface area contributed by atoms with E-state index in [1.807, 2.05) is 0 Å². The van der Waals surface area contributed by atoms with Crippen molar-refractivity contribution in [3.05, 3.63) is 11.8 Å². The summed E-state index contributed by atoms with van der Waals surface area (Å²) in [7, 11) is 3.17. The average Bonchev–Trinajstić information content (AvgIpc) is 2.41. The van der Waals surface area contributed by atoms with Gasteiger partial charge in [-0.15, -0.1) is 0 Å². The summed E-state index contributed by atoms with van der Waals surface area (Å²) in [5.74, 6) is -0.994. The minimum absolute atomic E-state index is 0.0511. The second kappa shape index (κ2) is 6.45. The summed E-state index contributed by atoms with van der Waals surface area (Å²) >= 11 is 0. The molecule has 1 aliphatic heterocycles. The molecule has 8 heteroatoms. The van der Waals surface area contributed by atoms with Gasteiger partial charge in [0.05, 0.1) is 5.60 Å². The molecule has 0 aromatic rings. The molecule has 1 atom stereocenters.